The second-order valence-electron chi connectivity index (χ2n) is 6.03. The Balaban J connectivity index is 1.74. The van der Waals surface area contributed by atoms with E-state index >= 15 is 0 Å². The molecule has 2 heterocycles. The molecule has 6 heteroatoms. The molecule has 0 N–H and O–H groups in total. The summed E-state index contributed by atoms with van der Waals surface area (Å²) in [5, 5.41) is 0.0482. The third kappa shape index (κ3) is 3.43. The molecule has 0 unspecified atom stereocenters. The maximum Gasteiger partial charge on any atom is 0.276 e. The molecular formula is C17H22N2O3S. The van der Waals surface area contributed by atoms with Gasteiger partial charge in [-0.15, -0.1) is 0 Å². The van der Waals surface area contributed by atoms with Gasteiger partial charge in [-0.1, -0.05) is 12.1 Å². The highest BCUT2D eigenvalue weighted by Crippen LogP contribution is 2.24. The summed E-state index contributed by atoms with van der Waals surface area (Å²) in [6, 6.07) is 11.5. The van der Waals surface area contributed by atoms with Crippen molar-refractivity contribution >= 4 is 15.7 Å². The monoisotopic (exact) mass is 334 g/mol. The average Bonchev–Trinajstić information content (AvgIpc) is 3.19. The van der Waals surface area contributed by atoms with E-state index in [-0.39, 0.29) is 5.09 Å². The molecular weight excluding hydrogens is 312 g/mol. The number of hydrogen-bond acceptors (Lipinski definition) is 4. The number of furan rings is 1. The Hall–Kier alpha value is -1.79. The van der Waals surface area contributed by atoms with Crippen LogP contribution in [-0.4, -0.2) is 32.9 Å². The maximum absolute atomic E-state index is 12.5. The Morgan fingerprint density at radius 3 is 2.61 bits per heavy atom. The van der Waals surface area contributed by atoms with Gasteiger partial charge in [-0.05, 0) is 49.6 Å². The Labute approximate surface area is 137 Å². The number of rotatable bonds is 5. The Kier molecular flexibility index (Phi) is 4.46. The number of nitrogens with zero attached hydrogens (tertiary/aromatic N) is 2. The van der Waals surface area contributed by atoms with Crippen LogP contribution in [0.25, 0.3) is 0 Å². The second-order valence-corrected chi connectivity index (χ2v) is 7.90. The molecule has 1 saturated heterocycles. The zero-order valence-electron chi connectivity index (χ0n) is 13.5. The lowest BCUT2D eigenvalue weighted by atomic mass is 10.2. The van der Waals surface area contributed by atoms with E-state index in [0.29, 0.717) is 25.4 Å². The van der Waals surface area contributed by atoms with Crippen LogP contribution in [0.3, 0.4) is 0 Å². The predicted octanol–water partition coefficient (Wildman–Crippen LogP) is 3.01. The summed E-state index contributed by atoms with van der Waals surface area (Å²) in [6.45, 7) is 3.74. The zero-order chi connectivity index (χ0) is 16.4. The van der Waals surface area contributed by atoms with Crippen molar-refractivity contribution in [3.63, 3.8) is 0 Å². The largest absolute Gasteiger partial charge is 0.446 e. The van der Waals surface area contributed by atoms with Crippen LogP contribution >= 0.6 is 0 Å². The van der Waals surface area contributed by atoms with Gasteiger partial charge in [-0.2, -0.15) is 4.31 Å². The smallest absolute Gasteiger partial charge is 0.276 e. The Bertz CT molecular complexity index is 777. The summed E-state index contributed by atoms with van der Waals surface area (Å²) >= 11 is 0. The normalized spacial score (nSPS) is 15.9. The molecule has 3 rings (SSSR count). The van der Waals surface area contributed by atoms with Crippen molar-refractivity contribution in [3.05, 3.63) is 47.7 Å². The minimum Gasteiger partial charge on any atom is -0.446 e. The quantitative estimate of drug-likeness (QED) is 0.843. The van der Waals surface area contributed by atoms with Crippen LogP contribution in [0.15, 0.2) is 45.9 Å². The SMILES string of the molecule is Cc1cccc(N(C)Cc2ccc(S(=O)(=O)N3CCCC3)o2)c1. The van der Waals surface area contributed by atoms with Crippen LogP contribution in [0.5, 0.6) is 0 Å². The number of benzene rings is 1. The summed E-state index contributed by atoms with van der Waals surface area (Å²) < 4.78 is 32.0. The van der Waals surface area contributed by atoms with E-state index < -0.39 is 10.0 Å². The van der Waals surface area contributed by atoms with Crippen LogP contribution < -0.4 is 4.90 Å². The van der Waals surface area contributed by atoms with Gasteiger partial charge >= 0.3 is 0 Å². The lowest BCUT2D eigenvalue weighted by molar-refractivity contribution is 0.389. The fraction of sp³-hybridized carbons (Fsp3) is 0.412. The third-order valence-electron chi connectivity index (χ3n) is 4.13. The van der Waals surface area contributed by atoms with E-state index in [1.807, 2.05) is 37.1 Å². The molecule has 0 atom stereocenters. The van der Waals surface area contributed by atoms with E-state index in [1.54, 1.807) is 12.1 Å². The fourth-order valence-electron chi connectivity index (χ4n) is 2.83. The van der Waals surface area contributed by atoms with Crippen LogP contribution in [0.4, 0.5) is 5.69 Å². The highest BCUT2D eigenvalue weighted by Gasteiger charge is 2.30. The number of aryl methyl sites for hydroxylation is 1. The first-order valence-electron chi connectivity index (χ1n) is 7.83. The number of anilines is 1. The summed E-state index contributed by atoms with van der Waals surface area (Å²) in [4.78, 5) is 2.04. The summed E-state index contributed by atoms with van der Waals surface area (Å²) in [5.41, 5.74) is 2.26. The lowest BCUT2D eigenvalue weighted by Gasteiger charge is -2.18. The molecule has 23 heavy (non-hydrogen) atoms. The van der Waals surface area contributed by atoms with Crippen molar-refractivity contribution < 1.29 is 12.8 Å². The van der Waals surface area contributed by atoms with Crippen molar-refractivity contribution in [3.8, 4) is 0 Å². The molecule has 2 aromatic rings. The van der Waals surface area contributed by atoms with E-state index in [0.717, 1.165) is 18.5 Å². The van der Waals surface area contributed by atoms with Crippen molar-refractivity contribution in [1.29, 1.82) is 0 Å². The van der Waals surface area contributed by atoms with Crippen molar-refractivity contribution in [2.24, 2.45) is 0 Å². The molecule has 1 aliphatic rings. The second kappa shape index (κ2) is 6.37. The summed E-state index contributed by atoms with van der Waals surface area (Å²) in [5.74, 6) is 0.645. The van der Waals surface area contributed by atoms with Gasteiger partial charge in [0.15, 0.2) is 0 Å². The highest BCUT2D eigenvalue weighted by molar-refractivity contribution is 7.89. The number of sulfonamides is 1. The molecule has 1 aromatic carbocycles. The van der Waals surface area contributed by atoms with Crippen molar-refractivity contribution in [2.45, 2.75) is 31.4 Å². The lowest BCUT2D eigenvalue weighted by Crippen LogP contribution is -2.27. The zero-order valence-corrected chi connectivity index (χ0v) is 14.3. The maximum atomic E-state index is 12.5. The minimum atomic E-state index is -3.48. The first kappa shape index (κ1) is 16.1. The van der Waals surface area contributed by atoms with Crippen LogP contribution in [-0.2, 0) is 16.6 Å². The van der Waals surface area contributed by atoms with E-state index in [4.69, 9.17) is 4.42 Å². The first-order valence-corrected chi connectivity index (χ1v) is 9.27. The molecule has 124 valence electrons. The fourth-order valence-corrected chi connectivity index (χ4v) is 4.27. The molecule has 5 nitrogen and oxygen atoms in total. The minimum absolute atomic E-state index is 0.0482. The van der Waals surface area contributed by atoms with Crippen LogP contribution in [0.2, 0.25) is 0 Å². The molecule has 1 aliphatic heterocycles. The van der Waals surface area contributed by atoms with Gasteiger partial charge in [0.25, 0.3) is 10.0 Å². The van der Waals surface area contributed by atoms with Gasteiger partial charge in [0.05, 0.1) is 6.54 Å². The molecule has 0 bridgehead atoms. The third-order valence-corrected chi connectivity index (χ3v) is 5.90. The molecule has 0 aliphatic carbocycles. The van der Waals surface area contributed by atoms with Gasteiger partial charge in [-0.3, -0.25) is 0 Å². The molecule has 1 fully saturated rings. The molecule has 0 amide bonds. The van der Waals surface area contributed by atoms with Crippen LogP contribution in [0, 0.1) is 6.92 Å². The predicted molar refractivity (Wildman–Crippen MR) is 90.0 cm³/mol. The number of hydrogen-bond donors (Lipinski definition) is 0. The summed E-state index contributed by atoms with van der Waals surface area (Å²) in [7, 11) is -1.51. The average molecular weight is 334 g/mol. The van der Waals surface area contributed by atoms with Gasteiger partial charge < -0.3 is 9.32 Å². The topological polar surface area (TPSA) is 53.8 Å². The van der Waals surface area contributed by atoms with Gasteiger partial charge in [-0.25, -0.2) is 8.42 Å². The van der Waals surface area contributed by atoms with Gasteiger partial charge in [0.2, 0.25) is 5.09 Å². The molecule has 0 saturated carbocycles. The van der Waals surface area contributed by atoms with Gasteiger partial charge in [0.1, 0.15) is 5.76 Å². The van der Waals surface area contributed by atoms with Crippen molar-refractivity contribution in [2.75, 3.05) is 25.0 Å². The standard InChI is InChI=1S/C17H22N2O3S/c1-14-6-5-7-15(12-14)18(2)13-16-8-9-17(22-16)23(20,21)19-10-3-4-11-19/h5-9,12H,3-4,10-11,13H2,1-2H3. The van der Waals surface area contributed by atoms with Crippen LogP contribution in [0.1, 0.15) is 24.2 Å². The Morgan fingerprint density at radius 1 is 1.17 bits per heavy atom. The van der Waals surface area contributed by atoms with E-state index in [9.17, 15) is 8.42 Å². The van der Waals surface area contributed by atoms with Crippen molar-refractivity contribution in [1.82, 2.24) is 4.31 Å². The molecule has 1 aromatic heterocycles. The van der Waals surface area contributed by atoms with E-state index in [1.165, 1.54) is 9.87 Å². The van der Waals surface area contributed by atoms with E-state index in [2.05, 4.69) is 6.07 Å². The highest BCUT2D eigenvalue weighted by atomic mass is 32.2. The first-order chi connectivity index (χ1) is 11.0. The molecule has 0 radical (unpaired) electrons. The Morgan fingerprint density at radius 2 is 1.91 bits per heavy atom. The molecule has 0 spiro atoms. The summed E-state index contributed by atoms with van der Waals surface area (Å²) in [6.07, 6.45) is 1.84. The van der Waals surface area contributed by atoms with Gasteiger partial charge in [0, 0.05) is 25.8 Å².